The number of ether oxygens (including phenoxy) is 2. The predicted octanol–water partition coefficient (Wildman–Crippen LogP) is 5.61. The Morgan fingerprint density at radius 1 is 1.11 bits per heavy atom. The molecule has 0 aliphatic rings. The number of nitrogens with zero attached hydrogens (tertiary/aromatic N) is 2. The molecule has 1 N–H and O–H groups in total. The Morgan fingerprint density at radius 3 is 2.46 bits per heavy atom. The van der Waals surface area contributed by atoms with E-state index >= 15 is 0 Å². The molecule has 2 aromatic carbocycles. The summed E-state index contributed by atoms with van der Waals surface area (Å²) >= 11 is 0. The summed E-state index contributed by atoms with van der Waals surface area (Å²) in [6, 6.07) is 13.0. The molecule has 1 unspecified atom stereocenters. The highest BCUT2D eigenvalue weighted by molar-refractivity contribution is 6.00. The van der Waals surface area contributed by atoms with Crippen LogP contribution in [-0.4, -0.2) is 34.8 Å². The molecule has 0 fully saturated rings. The standard InChI is InChI=1S/C27H27FN2O5/c1-5-34-27(32)24-22(16-10-12-17(28)13-11-16)23(26(33-4)30-25(24)15(2)3)19(31)14-21-29-18-8-6-7-9-20(18)35-21/h6-13,15,19,31H,5,14H2,1-4H3. The lowest BCUT2D eigenvalue weighted by molar-refractivity contribution is 0.0524. The van der Waals surface area contributed by atoms with Gasteiger partial charge < -0.3 is 19.0 Å². The van der Waals surface area contributed by atoms with Gasteiger partial charge in [0.05, 0.1) is 43.1 Å². The van der Waals surface area contributed by atoms with Crippen molar-refractivity contribution in [2.45, 2.75) is 39.2 Å². The topological polar surface area (TPSA) is 94.7 Å². The fourth-order valence-electron chi connectivity index (χ4n) is 4.08. The molecule has 2 heterocycles. The molecule has 0 spiro atoms. The summed E-state index contributed by atoms with van der Waals surface area (Å²) in [5, 5.41) is 11.4. The minimum Gasteiger partial charge on any atom is -0.481 e. The van der Waals surface area contributed by atoms with Gasteiger partial charge in [-0.3, -0.25) is 0 Å². The fourth-order valence-corrected chi connectivity index (χ4v) is 4.08. The first kappa shape index (κ1) is 24.3. The average molecular weight is 479 g/mol. The number of para-hydroxylation sites is 2. The maximum atomic E-state index is 13.8. The third kappa shape index (κ3) is 4.88. The minimum absolute atomic E-state index is 0.00417. The zero-order valence-electron chi connectivity index (χ0n) is 20.0. The highest BCUT2D eigenvalue weighted by Gasteiger charge is 2.32. The number of rotatable bonds is 8. The van der Waals surface area contributed by atoms with E-state index in [9.17, 15) is 14.3 Å². The van der Waals surface area contributed by atoms with Gasteiger partial charge in [-0.15, -0.1) is 0 Å². The third-order valence-corrected chi connectivity index (χ3v) is 5.62. The van der Waals surface area contributed by atoms with Crippen LogP contribution in [0.15, 0.2) is 52.9 Å². The molecule has 0 bridgehead atoms. The van der Waals surface area contributed by atoms with Gasteiger partial charge in [0.15, 0.2) is 11.5 Å². The van der Waals surface area contributed by atoms with Crippen molar-refractivity contribution in [2.75, 3.05) is 13.7 Å². The molecule has 1 atom stereocenters. The van der Waals surface area contributed by atoms with Crippen LogP contribution in [0.3, 0.4) is 0 Å². The molecule has 4 rings (SSSR count). The Hall–Kier alpha value is -3.78. The van der Waals surface area contributed by atoms with E-state index in [1.165, 1.54) is 19.2 Å². The number of carbonyl (C=O) groups excluding carboxylic acids is 1. The molecular weight excluding hydrogens is 451 g/mol. The smallest absolute Gasteiger partial charge is 0.340 e. The Morgan fingerprint density at radius 2 is 1.83 bits per heavy atom. The maximum absolute atomic E-state index is 13.8. The van der Waals surface area contributed by atoms with E-state index in [-0.39, 0.29) is 36.0 Å². The molecule has 0 saturated heterocycles. The van der Waals surface area contributed by atoms with E-state index in [4.69, 9.17) is 13.9 Å². The highest BCUT2D eigenvalue weighted by atomic mass is 19.1. The van der Waals surface area contributed by atoms with E-state index in [1.807, 2.05) is 32.0 Å². The Labute approximate surface area is 202 Å². The fraction of sp³-hybridized carbons (Fsp3) is 0.296. The highest BCUT2D eigenvalue weighted by Crippen LogP contribution is 2.41. The van der Waals surface area contributed by atoms with Crippen molar-refractivity contribution in [1.29, 1.82) is 0 Å². The molecule has 182 valence electrons. The maximum Gasteiger partial charge on any atom is 0.340 e. The van der Waals surface area contributed by atoms with Gasteiger partial charge in [-0.05, 0) is 42.7 Å². The first-order valence-corrected chi connectivity index (χ1v) is 11.4. The molecule has 0 amide bonds. The van der Waals surface area contributed by atoms with Crippen LogP contribution in [0, 0.1) is 5.82 Å². The van der Waals surface area contributed by atoms with Crippen LogP contribution >= 0.6 is 0 Å². The number of pyridine rings is 1. The van der Waals surface area contributed by atoms with Crippen molar-refractivity contribution in [3.63, 3.8) is 0 Å². The molecule has 0 aliphatic carbocycles. The van der Waals surface area contributed by atoms with Crippen molar-refractivity contribution in [2.24, 2.45) is 0 Å². The van der Waals surface area contributed by atoms with Gasteiger partial charge in [0.1, 0.15) is 11.3 Å². The molecule has 7 nitrogen and oxygen atoms in total. The number of esters is 1. The molecule has 0 radical (unpaired) electrons. The zero-order valence-corrected chi connectivity index (χ0v) is 20.0. The van der Waals surface area contributed by atoms with Crippen molar-refractivity contribution >= 4 is 17.1 Å². The second-order valence-electron chi connectivity index (χ2n) is 8.35. The van der Waals surface area contributed by atoms with E-state index in [0.717, 1.165) is 0 Å². The summed E-state index contributed by atoms with van der Waals surface area (Å²) in [5.74, 6) is -0.696. The monoisotopic (exact) mass is 478 g/mol. The predicted molar refractivity (Wildman–Crippen MR) is 129 cm³/mol. The van der Waals surface area contributed by atoms with E-state index in [1.54, 1.807) is 25.1 Å². The molecular formula is C27H27FN2O5. The van der Waals surface area contributed by atoms with Gasteiger partial charge in [0, 0.05) is 5.56 Å². The number of aliphatic hydroxyl groups is 1. The quantitative estimate of drug-likeness (QED) is 0.329. The van der Waals surface area contributed by atoms with Gasteiger partial charge in [-0.1, -0.05) is 38.1 Å². The van der Waals surface area contributed by atoms with E-state index in [0.29, 0.717) is 33.8 Å². The van der Waals surface area contributed by atoms with Crippen molar-refractivity contribution in [3.05, 3.63) is 77.1 Å². The second-order valence-corrected chi connectivity index (χ2v) is 8.35. The van der Waals surface area contributed by atoms with Gasteiger partial charge in [0.25, 0.3) is 0 Å². The number of aliphatic hydroxyl groups excluding tert-OH is 1. The number of benzene rings is 2. The summed E-state index contributed by atoms with van der Waals surface area (Å²) in [4.78, 5) is 22.2. The summed E-state index contributed by atoms with van der Waals surface area (Å²) in [7, 11) is 1.45. The van der Waals surface area contributed by atoms with Crippen LogP contribution in [0.25, 0.3) is 22.2 Å². The lowest BCUT2D eigenvalue weighted by Gasteiger charge is -2.23. The Kier molecular flexibility index (Phi) is 7.12. The molecule has 0 aliphatic heterocycles. The number of fused-ring (bicyclic) bond motifs is 1. The summed E-state index contributed by atoms with van der Waals surface area (Å²) < 4.78 is 30.5. The van der Waals surface area contributed by atoms with Crippen LogP contribution < -0.4 is 4.74 Å². The Balaban J connectivity index is 1.95. The Bertz CT molecular complexity index is 1310. The second kappa shape index (κ2) is 10.2. The number of carbonyl (C=O) groups is 1. The normalized spacial score (nSPS) is 12.2. The molecule has 35 heavy (non-hydrogen) atoms. The van der Waals surface area contributed by atoms with Crippen molar-refractivity contribution in [3.8, 4) is 17.0 Å². The van der Waals surface area contributed by atoms with E-state index < -0.39 is 17.9 Å². The lowest BCUT2D eigenvalue weighted by Crippen LogP contribution is -2.18. The first-order valence-electron chi connectivity index (χ1n) is 11.4. The van der Waals surface area contributed by atoms with Gasteiger partial charge in [-0.2, -0.15) is 0 Å². The van der Waals surface area contributed by atoms with Crippen LogP contribution in [0.4, 0.5) is 4.39 Å². The number of methoxy groups -OCH3 is 1. The van der Waals surface area contributed by atoms with Crippen molar-refractivity contribution < 1.29 is 28.2 Å². The molecule has 0 saturated carbocycles. The van der Waals surface area contributed by atoms with E-state index in [2.05, 4.69) is 9.97 Å². The molecule has 2 aromatic heterocycles. The number of hydrogen-bond donors (Lipinski definition) is 1. The van der Waals surface area contributed by atoms with Crippen molar-refractivity contribution in [1.82, 2.24) is 9.97 Å². The molecule has 4 aromatic rings. The van der Waals surface area contributed by atoms with Gasteiger partial charge in [0.2, 0.25) is 5.88 Å². The van der Waals surface area contributed by atoms with Crippen LogP contribution in [-0.2, 0) is 11.2 Å². The summed E-state index contributed by atoms with van der Waals surface area (Å²) in [6.07, 6.45) is -1.19. The summed E-state index contributed by atoms with van der Waals surface area (Å²) in [5.41, 5.74) is 3.10. The lowest BCUT2D eigenvalue weighted by atomic mass is 9.88. The number of halogens is 1. The number of hydrogen-bond acceptors (Lipinski definition) is 7. The van der Waals surface area contributed by atoms with Gasteiger partial charge >= 0.3 is 5.97 Å². The average Bonchev–Trinajstić information content (AvgIpc) is 3.25. The first-order chi connectivity index (χ1) is 16.8. The number of aromatic nitrogens is 2. The van der Waals surface area contributed by atoms with Gasteiger partial charge in [-0.25, -0.2) is 19.2 Å². The zero-order chi connectivity index (χ0) is 25.1. The largest absolute Gasteiger partial charge is 0.481 e. The number of oxazole rings is 1. The third-order valence-electron chi connectivity index (χ3n) is 5.62. The van der Waals surface area contributed by atoms with Crippen LogP contribution in [0.5, 0.6) is 5.88 Å². The van der Waals surface area contributed by atoms with Crippen LogP contribution in [0.2, 0.25) is 0 Å². The SMILES string of the molecule is CCOC(=O)c1c(C(C)C)nc(OC)c(C(O)Cc2nc3ccccc3o2)c1-c1ccc(F)cc1. The molecule has 8 heteroatoms. The minimum atomic E-state index is -1.19. The van der Waals surface area contributed by atoms with Crippen LogP contribution in [0.1, 0.15) is 60.3 Å². The summed E-state index contributed by atoms with van der Waals surface area (Å²) in [6.45, 7) is 5.66.